The molecule has 6 heteroatoms. The number of ether oxygens (including phenoxy) is 1. The molecule has 19 heavy (non-hydrogen) atoms. The molecule has 0 aromatic heterocycles. The van der Waals surface area contributed by atoms with Gasteiger partial charge in [0.15, 0.2) is 0 Å². The first-order chi connectivity index (χ1) is 9.02. The van der Waals surface area contributed by atoms with Crippen molar-refractivity contribution < 1.29 is 14.5 Å². The lowest BCUT2D eigenvalue weighted by Gasteiger charge is -2.16. The van der Waals surface area contributed by atoms with Gasteiger partial charge in [-0.15, -0.1) is 0 Å². The fourth-order valence-electron chi connectivity index (χ4n) is 2.60. The van der Waals surface area contributed by atoms with Gasteiger partial charge in [0.1, 0.15) is 0 Å². The number of methoxy groups -OCH3 is 1. The average molecular weight is 264 g/mol. The molecule has 1 fully saturated rings. The van der Waals surface area contributed by atoms with E-state index in [2.05, 4.69) is 0 Å². The van der Waals surface area contributed by atoms with Crippen molar-refractivity contribution >= 4 is 11.7 Å². The van der Waals surface area contributed by atoms with Crippen molar-refractivity contribution in [2.24, 2.45) is 5.92 Å². The zero-order valence-corrected chi connectivity index (χ0v) is 10.9. The van der Waals surface area contributed by atoms with Gasteiger partial charge in [-0.2, -0.15) is 0 Å². The van der Waals surface area contributed by atoms with E-state index in [1.807, 2.05) is 18.0 Å². The lowest BCUT2D eigenvalue weighted by atomic mass is 9.89. The Morgan fingerprint density at radius 2 is 2.21 bits per heavy atom. The highest BCUT2D eigenvalue weighted by Crippen LogP contribution is 2.34. The van der Waals surface area contributed by atoms with E-state index in [1.54, 1.807) is 12.1 Å². The van der Waals surface area contributed by atoms with Gasteiger partial charge in [-0.25, -0.2) is 0 Å². The Hall–Kier alpha value is -1.95. The summed E-state index contributed by atoms with van der Waals surface area (Å²) in [6, 6.07) is 6.47. The number of carbonyl (C=O) groups is 1. The van der Waals surface area contributed by atoms with Gasteiger partial charge in [0, 0.05) is 31.1 Å². The summed E-state index contributed by atoms with van der Waals surface area (Å²) in [6.45, 7) is 1.31. The van der Waals surface area contributed by atoms with E-state index in [4.69, 9.17) is 4.74 Å². The van der Waals surface area contributed by atoms with E-state index >= 15 is 0 Å². The van der Waals surface area contributed by atoms with E-state index in [0.29, 0.717) is 13.1 Å². The third-order valence-corrected chi connectivity index (χ3v) is 3.52. The molecule has 1 aliphatic heterocycles. The van der Waals surface area contributed by atoms with Gasteiger partial charge < -0.3 is 9.64 Å². The average Bonchev–Trinajstić information content (AvgIpc) is 2.80. The number of likely N-dealkylation sites (N-methyl/N-ethyl adjacent to an activating group) is 1. The standard InChI is InChI=1S/C13H16N2O4/c1-14-7-11(12(8-14)13(16)19-2)9-4-3-5-10(6-9)15(17)18/h3-6,11-12H,7-8H2,1-2H3. The lowest BCUT2D eigenvalue weighted by Crippen LogP contribution is -2.23. The molecule has 0 spiro atoms. The number of nitro benzene ring substituents is 1. The summed E-state index contributed by atoms with van der Waals surface area (Å²) in [7, 11) is 3.29. The SMILES string of the molecule is COC(=O)C1CN(C)CC1c1cccc([N+](=O)[O-])c1. The van der Waals surface area contributed by atoms with Crippen LogP contribution in [-0.4, -0.2) is 43.0 Å². The zero-order chi connectivity index (χ0) is 14.0. The second-order valence-corrected chi connectivity index (χ2v) is 4.81. The molecule has 1 aromatic rings. The second kappa shape index (κ2) is 5.36. The highest BCUT2D eigenvalue weighted by Gasteiger charge is 2.38. The van der Waals surface area contributed by atoms with E-state index in [1.165, 1.54) is 13.2 Å². The Morgan fingerprint density at radius 1 is 1.47 bits per heavy atom. The number of likely N-dealkylation sites (tertiary alicyclic amines) is 1. The van der Waals surface area contributed by atoms with E-state index in [9.17, 15) is 14.9 Å². The lowest BCUT2D eigenvalue weighted by molar-refractivity contribution is -0.384. The highest BCUT2D eigenvalue weighted by molar-refractivity contribution is 5.74. The molecule has 1 saturated heterocycles. The fourth-order valence-corrected chi connectivity index (χ4v) is 2.60. The highest BCUT2D eigenvalue weighted by atomic mass is 16.6. The van der Waals surface area contributed by atoms with Crippen LogP contribution in [0.25, 0.3) is 0 Å². The van der Waals surface area contributed by atoms with E-state index in [-0.39, 0.29) is 23.5 Å². The van der Waals surface area contributed by atoms with Crippen molar-refractivity contribution in [2.75, 3.05) is 27.2 Å². The summed E-state index contributed by atoms with van der Waals surface area (Å²) in [5.74, 6) is -0.588. The Kier molecular flexibility index (Phi) is 3.80. The van der Waals surface area contributed by atoms with Crippen LogP contribution in [0, 0.1) is 16.0 Å². The van der Waals surface area contributed by atoms with Gasteiger partial charge in [-0.3, -0.25) is 14.9 Å². The second-order valence-electron chi connectivity index (χ2n) is 4.81. The molecule has 102 valence electrons. The van der Waals surface area contributed by atoms with Crippen LogP contribution in [0.5, 0.6) is 0 Å². The van der Waals surface area contributed by atoms with Crippen LogP contribution in [0.4, 0.5) is 5.69 Å². The van der Waals surface area contributed by atoms with Gasteiger partial charge in [0.05, 0.1) is 18.0 Å². The number of benzene rings is 1. The molecule has 2 atom stereocenters. The summed E-state index contributed by atoms with van der Waals surface area (Å²) in [5, 5.41) is 10.8. The molecular weight excluding hydrogens is 248 g/mol. The van der Waals surface area contributed by atoms with Crippen LogP contribution >= 0.6 is 0 Å². The van der Waals surface area contributed by atoms with Gasteiger partial charge in [0.25, 0.3) is 5.69 Å². The van der Waals surface area contributed by atoms with Gasteiger partial charge in [0.2, 0.25) is 0 Å². The molecule has 0 saturated carbocycles. The molecule has 0 bridgehead atoms. The van der Waals surface area contributed by atoms with Gasteiger partial charge in [-0.05, 0) is 12.6 Å². The largest absolute Gasteiger partial charge is 0.469 e. The van der Waals surface area contributed by atoms with Gasteiger partial charge >= 0.3 is 5.97 Å². The minimum absolute atomic E-state index is 0.0515. The molecule has 0 N–H and O–H groups in total. The van der Waals surface area contributed by atoms with Crippen LogP contribution in [0.15, 0.2) is 24.3 Å². The maximum atomic E-state index is 11.8. The molecule has 0 radical (unpaired) electrons. The molecule has 6 nitrogen and oxygen atoms in total. The normalized spacial score (nSPS) is 23.3. The predicted octanol–water partition coefficient (Wildman–Crippen LogP) is 1.41. The van der Waals surface area contributed by atoms with Crippen molar-refractivity contribution in [3.05, 3.63) is 39.9 Å². The fraction of sp³-hybridized carbons (Fsp3) is 0.462. The Labute approximate surface area is 111 Å². The molecule has 2 rings (SSSR count). The third-order valence-electron chi connectivity index (χ3n) is 3.52. The summed E-state index contributed by atoms with van der Waals surface area (Å²) < 4.78 is 4.81. The first-order valence-corrected chi connectivity index (χ1v) is 6.03. The van der Waals surface area contributed by atoms with Crippen LogP contribution in [0.2, 0.25) is 0 Å². The quantitative estimate of drug-likeness (QED) is 0.469. The number of nitrogens with zero attached hydrogens (tertiary/aromatic N) is 2. The first kappa shape index (κ1) is 13.5. The monoisotopic (exact) mass is 264 g/mol. The summed E-state index contributed by atoms with van der Waals surface area (Å²) >= 11 is 0. The van der Waals surface area contributed by atoms with Crippen molar-refractivity contribution in [3.63, 3.8) is 0 Å². The van der Waals surface area contributed by atoms with Crippen molar-refractivity contribution in [1.82, 2.24) is 4.90 Å². The van der Waals surface area contributed by atoms with Crippen molar-refractivity contribution in [3.8, 4) is 0 Å². The topological polar surface area (TPSA) is 72.7 Å². The smallest absolute Gasteiger partial charge is 0.310 e. The number of hydrogen-bond acceptors (Lipinski definition) is 5. The van der Waals surface area contributed by atoms with Crippen molar-refractivity contribution in [1.29, 1.82) is 0 Å². The zero-order valence-electron chi connectivity index (χ0n) is 10.9. The van der Waals surface area contributed by atoms with Crippen LogP contribution in [-0.2, 0) is 9.53 Å². The summed E-state index contributed by atoms with van der Waals surface area (Å²) in [6.07, 6.45) is 0. The molecule has 0 aliphatic carbocycles. The molecule has 1 aliphatic rings. The van der Waals surface area contributed by atoms with Crippen LogP contribution in [0.1, 0.15) is 11.5 Å². The molecule has 1 aromatic carbocycles. The maximum Gasteiger partial charge on any atom is 0.310 e. The number of carbonyl (C=O) groups excluding carboxylic acids is 1. The number of esters is 1. The van der Waals surface area contributed by atoms with Crippen molar-refractivity contribution in [2.45, 2.75) is 5.92 Å². The number of rotatable bonds is 3. The summed E-state index contributed by atoms with van der Waals surface area (Å²) in [4.78, 5) is 24.2. The Balaban J connectivity index is 2.31. The third kappa shape index (κ3) is 2.73. The van der Waals surface area contributed by atoms with Gasteiger partial charge in [-0.1, -0.05) is 12.1 Å². The van der Waals surface area contributed by atoms with Crippen LogP contribution < -0.4 is 0 Å². The molecule has 2 unspecified atom stereocenters. The van der Waals surface area contributed by atoms with Crippen LogP contribution in [0.3, 0.4) is 0 Å². The summed E-state index contributed by atoms with van der Waals surface area (Å²) in [5.41, 5.74) is 0.865. The predicted molar refractivity (Wildman–Crippen MR) is 68.8 cm³/mol. The number of nitro groups is 1. The molecular formula is C13H16N2O4. The minimum atomic E-state index is -0.421. The Morgan fingerprint density at radius 3 is 2.84 bits per heavy atom. The first-order valence-electron chi connectivity index (χ1n) is 6.03. The van der Waals surface area contributed by atoms with E-state index in [0.717, 1.165) is 5.56 Å². The maximum absolute atomic E-state index is 11.8. The molecule has 0 amide bonds. The number of hydrogen-bond donors (Lipinski definition) is 0. The van der Waals surface area contributed by atoms with E-state index < -0.39 is 4.92 Å². The Bertz CT molecular complexity index is 503. The molecule has 1 heterocycles. The minimum Gasteiger partial charge on any atom is -0.469 e. The number of non-ortho nitro benzene ring substituents is 1.